The van der Waals surface area contributed by atoms with Gasteiger partial charge in [-0.1, -0.05) is 6.58 Å². The van der Waals surface area contributed by atoms with Crippen molar-refractivity contribution in [3.63, 3.8) is 0 Å². The molecule has 1 spiro atoms. The lowest BCUT2D eigenvalue weighted by Crippen LogP contribution is -2.68. The molecule has 2 aliphatic heterocycles. The third-order valence-corrected chi connectivity index (χ3v) is 5.43. The minimum Gasteiger partial charge on any atom is -0.460 e. The standard InChI is InChI=1S/C18H29N3O4/c1-12(2)13(22)25-9-8-21-14(23)18(19-15(21)24)10-16(3,4)20(7)17(5,6)11-18/h1,8-11H2,2-7H3,(H,19,24). The van der Waals surface area contributed by atoms with Gasteiger partial charge >= 0.3 is 12.0 Å². The zero-order valence-corrected chi connectivity index (χ0v) is 16.1. The lowest BCUT2D eigenvalue weighted by molar-refractivity contribution is -0.143. The highest BCUT2D eigenvalue weighted by atomic mass is 16.5. The average Bonchev–Trinajstić information content (AvgIpc) is 2.67. The van der Waals surface area contributed by atoms with Crippen molar-refractivity contribution in [2.24, 2.45) is 0 Å². The van der Waals surface area contributed by atoms with E-state index >= 15 is 0 Å². The Kier molecular flexibility index (Phi) is 4.76. The highest BCUT2D eigenvalue weighted by molar-refractivity contribution is 6.07. The lowest BCUT2D eigenvalue weighted by atomic mass is 9.69. The summed E-state index contributed by atoms with van der Waals surface area (Å²) in [5, 5.41) is 2.91. The number of imide groups is 1. The summed E-state index contributed by atoms with van der Waals surface area (Å²) in [6.07, 6.45) is 1.07. The van der Waals surface area contributed by atoms with Crippen LogP contribution in [0.4, 0.5) is 4.79 Å². The molecule has 25 heavy (non-hydrogen) atoms. The molecule has 0 unspecified atom stereocenters. The number of nitrogens with zero attached hydrogens (tertiary/aromatic N) is 2. The molecule has 0 aromatic rings. The maximum absolute atomic E-state index is 13.1. The van der Waals surface area contributed by atoms with Gasteiger partial charge in [-0.15, -0.1) is 0 Å². The molecule has 1 N–H and O–H groups in total. The molecule has 140 valence electrons. The number of urea groups is 1. The molecule has 0 aromatic heterocycles. The smallest absolute Gasteiger partial charge is 0.333 e. The molecular weight excluding hydrogens is 322 g/mol. The molecule has 0 aromatic carbocycles. The molecular formula is C18H29N3O4. The summed E-state index contributed by atoms with van der Waals surface area (Å²) in [6, 6.07) is -0.424. The normalized spacial score (nSPS) is 24.3. The number of esters is 1. The number of rotatable bonds is 4. The van der Waals surface area contributed by atoms with Crippen LogP contribution in [0, 0.1) is 0 Å². The summed E-state index contributed by atoms with van der Waals surface area (Å²) in [7, 11) is 2.04. The fourth-order valence-electron chi connectivity index (χ4n) is 4.07. The van der Waals surface area contributed by atoms with Crippen LogP contribution in [0.5, 0.6) is 0 Å². The van der Waals surface area contributed by atoms with E-state index in [0.29, 0.717) is 12.8 Å². The molecule has 7 nitrogen and oxygen atoms in total. The van der Waals surface area contributed by atoms with E-state index in [1.54, 1.807) is 6.92 Å². The number of hydrogen-bond acceptors (Lipinski definition) is 5. The highest BCUT2D eigenvalue weighted by Crippen LogP contribution is 2.44. The van der Waals surface area contributed by atoms with Gasteiger partial charge in [-0.2, -0.15) is 0 Å². The van der Waals surface area contributed by atoms with Crippen LogP contribution in [0.25, 0.3) is 0 Å². The Morgan fingerprint density at radius 1 is 1.20 bits per heavy atom. The van der Waals surface area contributed by atoms with E-state index in [9.17, 15) is 14.4 Å². The molecule has 0 aliphatic carbocycles. The number of ether oxygens (including phenoxy) is 1. The van der Waals surface area contributed by atoms with Gasteiger partial charge in [-0.25, -0.2) is 9.59 Å². The fraction of sp³-hybridized carbons (Fsp3) is 0.722. The van der Waals surface area contributed by atoms with E-state index in [0.717, 1.165) is 4.90 Å². The van der Waals surface area contributed by atoms with Gasteiger partial charge in [0.15, 0.2) is 0 Å². The summed E-state index contributed by atoms with van der Waals surface area (Å²) in [6.45, 7) is 13.4. The predicted octanol–water partition coefficient (Wildman–Crippen LogP) is 1.68. The van der Waals surface area contributed by atoms with Gasteiger partial charge in [-0.05, 0) is 54.5 Å². The van der Waals surface area contributed by atoms with Crippen LogP contribution < -0.4 is 5.32 Å². The van der Waals surface area contributed by atoms with Crippen LogP contribution >= 0.6 is 0 Å². The zero-order valence-electron chi connectivity index (χ0n) is 16.1. The Hall–Kier alpha value is -1.89. The van der Waals surface area contributed by atoms with Crippen molar-refractivity contribution in [3.05, 3.63) is 12.2 Å². The van der Waals surface area contributed by atoms with Gasteiger partial charge in [-0.3, -0.25) is 14.6 Å². The van der Waals surface area contributed by atoms with Crippen molar-refractivity contribution in [1.82, 2.24) is 15.1 Å². The number of hydrogen-bond donors (Lipinski definition) is 1. The van der Waals surface area contributed by atoms with E-state index in [1.165, 1.54) is 0 Å². The largest absolute Gasteiger partial charge is 0.460 e. The van der Waals surface area contributed by atoms with E-state index in [4.69, 9.17) is 4.74 Å². The topological polar surface area (TPSA) is 79.0 Å². The van der Waals surface area contributed by atoms with Crippen LogP contribution in [0.15, 0.2) is 12.2 Å². The molecule has 2 heterocycles. The number of amides is 3. The van der Waals surface area contributed by atoms with Crippen LogP contribution in [0.2, 0.25) is 0 Å². The first-order chi connectivity index (χ1) is 11.3. The Balaban J connectivity index is 2.15. The van der Waals surface area contributed by atoms with E-state index < -0.39 is 17.5 Å². The second-order valence-electron chi connectivity index (χ2n) is 8.42. The molecule has 2 fully saturated rings. The second-order valence-corrected chi connectivity index (χ2v) is 8.42. The number of piperidine rings is 1. The first kappa shape index (κ1) is 19.4. The maximum Gasteiger partial charge on any atom is 0.333 e. The van der Waals surface area contributed by atoms with Gasteiger partial charge in [0.1, 0.15) is 12.1 Å². The Labute approximate surface area is 149 Å². The second kappa shape index (κ2) is 6.12. The van der Waals surface area contributed by atoms with Crippen LogP contribution in [-0.4, -0.2) is 64.5 Å². The average molecular weight is 351 g/mol. The molecule has 0 saturated carbocycles. The van der Waals surface area contributed by atoms with Gasteiger partial charge in [0.25, 0.3) is 5.91 Å². The van der Waals surface area contributed by atoms with Crippen molar-refractivity contribution in [2.75, 3.05) is 20.2 Å². The number of nitrogens with one attached hydrogen (secondary N) is 1. The zero-order chi connectivity index (χ0) is 19.2. The van der Waals surface area contributed by atoms with Gasteiger partial charge in [0.2, 0.25) is 0 Å². The van der Waals surface area contributed by atoms with Gasteiger partial charge in [0, 0.05) is 16.7 Å². The molecule has 3 amide bonds. The Morgan fingerprint density at radius 2 is 1.72 bits per heavy atom. The SMILES string of the molecule is C=C(C)C(=O)OCCN1C(=O)NC2(CC(C)(C)N(C)C(C)(C)C2)C1=O. The lowest BCUT2D eigenvalue weighted by Gasteiger charge is -2.56. The summed E-state index contributed by atoms with van der Waals surface area (Å²) < 4.78 is 5.02. The number of carbonyl (C=O) groups excluding carboxylic acids is 3. The van der Waals surface area contributed by atoms with Crippen LogP contribution in [0.1, 0.15) is 47.5 Å². The molecule has 0 bridgehead atoms. The molecule has 7 heteroatoms. The fourth-order valence-corrected chi connectivity index (χ4v) is 4.07. The monoisotopic (exact) mass is 351 g/mol. The van der Waals surface area contributed by atoms with E-state index in [1.807, 2.05) is 7.05 Å². The van der Waals surface area contributed by atoms with Crippen molar-refractivity contribution in [2.45, 2.75) is 64.1 Å². The minimum atomic E-state index is -0.908. The van der Waals surface area contributed by atoms with E-state index in [2.05, 4.69) is 44.5 Å². The summed E-state index contributed by atoms with van der Waals surface area (Å²) in [5.74, 6) is -0.763. The van der Waals surface area contributed by atoms with Crippen LogP contribution in [0.3, 0.4) is 0 Å². The summed E-state index contributed by atoms with van der Waals surface area (Å²) >= 11 is 0. The van der Waals surface area contributed by atoms with E-state index in [-0.39, 0.29) is 35.7 Å². The number of carbonyl (C=O) groups is 3. The Morgan fingerprint density at radius 3 is 2.20 bits per heavy atom. The van der Waals surface area contributed by atoms with Gasteiger partial charge in [0.05, 0.1) is 6.54 Å². The highest BCUT2D eigenvalue weighted by Gasteiger charge is 2.60. The molecule has 2 aliphatic rings. The molecule has 0 atom stereocenters. The first-order valence-electron chi connectivity index (χ1n) is 8.53. The Bertz CT molecular complexity index is 606. The third-order valence-electron chi connectivity index (χ3n) is 5.43. The van der Waals surface area contributed by atoms with Gasteiger partial charge < -0.3 is 10.1 Å². The van der Waals surface area contributed by atoms with Crippen molar-refractivity contribution in [1.29, 1.82) is 0 Å². The molecule has 2 rings (SSSR count). The quantitative estimate of drug-likeness (QED) is 0.474. The number of likely N-dealkylation sites (tertiary alicyclic amines) is 1. The van der Waals surface area contributed by atoms with Crippen LogP contribution in [-0.2, 0) is 14.3 Å². The van der Waals surface area contributed by atoms with Crippen molar-refractivity contribution in [3.8, 4) is 0 Å². The molecule has 0 radical (unpaired) electrons. The van der Waals surface area contributed by atoms with Crippen molar-refractivity contribution >= 4 is 17.9 Å². The minimum absolute atomic E-state index is 0.0341. The summed E-state index contributed by atoms with van der Waals surface area (Å²) in [5.41, 5.74) is -1.11. The third kappa shape index (κ3) is 3.42. The maximum atomic E-state index is 13.1. The summed E-state index contributed by atoms with van der Waals surface area (Å²) in [4.78, 5) is 40.3. The van der Waals surface area contributed by atoms with Crippen molar-refractivity contribution < 1.29 is 19.1 Å². The predicted molar refractivity (Wildman–Crippen MR) is 93.9 cm³/mol. The molecule has 2 saturated heterocycles. The first-order valence-corrected chi connectivity index (χ1v) is 8.53.